The highest BCUT2D eigenvalue weighted by atomic mass is 16.2. The highest BCUT2D eigenvalue weighted by Crippen LogP contribution is 2.34. The van der Waals surface area contributed by atoms with Crippen LogP contribution in [0.5, 0.6) is 0 Å². The number of carbonyl (C=O) groups excluding carboxylic acids is 1. The van der Waals surface area contributed by atoms with E-state index in [2.05, 4.69) is 86.0 Å². The summed E-state index contributed by atoms with van der Waals surface area (Å²) < 4.78 is 2.33. The lowest BCUT2D eigenvalue weighted by atomic mass is 10.0. The third-order valence-corrected chi connectivity index (χ3v) is 7.07. The number of unbranched alkanes of at least 4 members (excludes halogenated alkanes) is 1. The summed E-state index contributed by atoms with van der Waals surface area (Å²) in [6.45, 7) is 7.95. The van der Waals surface area contributed by atoms with E-state index in [0.717, 1.165) is 35.5 Å². The monoisotopic (exact) mass is 451 g/mol. The first-order chi connectivity index (χ1) is 16.5. The van der Waals surface area contributed by atoms with Crippen molar-refractivity contribution in [3.63, 3.8) is 0 Å². The van der Waals surface area contributed by atoms with E-state index in [1.54, 1.807) is 0 Å². The number of fused-ring (bicyclic) bond motifs is 1. The van der Waals surface area contributed by atoms with Gasteiger partial charge in [0.25, 0.3) is 0 Å². The summed E-state index contributed by atoms with van der Waals surface area (Å²) >= 11 is 0. The van der Waals surface area contributed by atoms with Gasteiger partial charge in [0.1, 0.15) is 5.82 Å². The number of benzene rings is 3. The van der Waals surface area contributed by atoms with Crippen molar-refractivity contribution < 1.29 is 4.79 Å². The molecule has 1 aliphatic heterocycles. The second kappa shape index (κ2) is 9.46. The van der Waals surface area contributed by atoms with Crippen molar-refractivity contribution in [3.05, 3.63) is 94.8 Å². The first-order valence-electron chi connectivity index (χ1n) is 12.4. The lowest BCUT2D eigenvalue weighted by Crippen LogP contribution is -2.24. The molecule has 4 nitrogen and oxygen atoms in total. The molecule has 1 atom stereocenters. The number of carbonyl (C=O) groups is 1. The molecule has 34 heavy (non-hydrogen) atoms. The van der Waals surface area contributed by atoms with Crippen LogP contribution >= 0.6 is 0 Å². The molecular weight excluding hydrogens is 418 g/mol. The zero-order chi connectivity index (χ0) is 23.7. The number of para-hydroxylation sites is 2. The molecule has 0 saturated carbocycles. The number of aromatic nitrogens is 2. The first kappa shape index (κ1) is 22.4. The summed E-state index contributed by atoms with van der Waals surface area (Å²) in [4.78, 5) is 20.1. The van der Waals surface area contributed by atoms with E-state index in [-0.39, 0.29) is 11.8 Å². The first-order valence-corrected chi connectivity index (χ1v) is 12.4. The number of imidazole rings is 1. The Morgan fingerprint density at radius 2 is 1.79 bits per heavy atom. The van der Waals surface area contributed by atoms with Gasteiger partial charge in [-0.25, -0.2) is 4.98 Å². The number of nitrogens with zero attached hydrogens (tertiary/aromatic N) is 3. The smallest absolute Gasteiger partial charge is 0.227 e. The van der Waals surface area contributed by atoms with Gasteiger partial charge in [-0.05, 0) is 67.6 Å². The summed E-state index contributed by atoms with van der Waals surface area (Å²) in [7, 11) is 0. The Balaban J connectivity index is 1.46. The Bertz CT molecular complexity index is 1320. The van der Waals surface area contributed by atoms with Crippen molar-refractivity contribution in [2.45, 2.75) is 58.9 Å². The van der Waals surface area contributed by atoms with E-state index in [1.807, 2.05) is 11.0 Å². The zero-order valence-electron chi connectivity index (χ0n) is 20.4. The fourth-order valence-electron chi connectivity index (χ4n) is 5.07. The van der Waals surface area contributed by atoms with Crippen LogP contribution in [0.4, 0.5) is 5.69 Å². The molecule has 0 N–H and O–H groups in total. The van der Waals surface area contributed by atoms with Gasteiger partial charge in [0.15, 0.2) is 0 Å². The largest absolute Gasteiger partial charge is 0.323 e. The normalized spacial score (nSPS) is 16.0. The van der Waals surface area contributed by atoms with Crippen molar-refractivity contribution in [2.24, 2.45) is 0 Å². The summed E-state index contributed by atoms with van der Waals surface area (Å²) in [5.74, 6) is 1.26. The number of rotatable bonds is 7. The van der Waals surface area contributed by atoms with Gasteiger partial charge >= 0.3 is 0 Å². The lowest BCUT2D eigenvalue weighted by molar-refractivity contribution is -0.117. The molecule has 5 rings (SSSR count). The molecule has 0 radical (unpaired) electrons. The highest BCUT2D eigenvalue weighted by molar-refractivity contribution is 5.96. The maximum atomic E-state index is 13.1. The van der Waals surface area contributed by atoms with E-state index in [0.29, 0.717) is 13.0 Å². The molecule has 4 aromatic rings. The van der Waals surface area contributed by atoms with Gasteiger partial charge < -0.3 is 9.47 Å². The predicted octanol–water partition coefficient (Wildman–Crippen LogP) is 6.56. The number of amides is 1. The molecule has 3 aromatic carbocycles. The van der Waals surface area contributed by atoms with Crippen LogP contribution in [0.2, 0.25) is 0 Å². The third kappa shape index (κ3) is 4.37. The Morgan fingerprint density at radius 3 is 2.59 bits per heavy atom. The Hall–Kier alpha value is -3.40. The van der Waals surface area contributed by atoms with Gasteiger partial charge in [-0.15, -0.1) is 0 Å². The topological polar surface area (TPSA) is 38.1 Å². The van der Waals surface area contributed by atoms with Crippen LogP contribution in [0.3, 0.4) is 0 Å². The Morgan fingerprint density at radius 1 is 1.00 bits per heavy atom. The minimum Gasteiger partial charge on any atom is -0.323 e. The Kier molecular flexibility index (Phi) is 6.23. The zero-order valence-corrected chi connectivity index (χ0v) is 20.4. The average molecular weight is 452 g/mol. The molecular formula is C30H33N3O. The van der Waals surface area contributed by atoms with E-state index in [1.165, 1.54) is 35.1 Å². The van der Waals surface area contributed by atoms with E-state index >= 15 is 0 Å². The molecule has 0 aliphatic carbocycles. The maximum Gasteiger partial charge on any atom is 0.227 e. The molecule has 1 fully saturated rings. The van der Waals surface area contributed by atoms with E-state index < -0.39 is 0 Å². The van der Waals surface area contributed by atoms with Gasteiger partial charge in [0, 0.05) is 31.1 Å². The second-order valence-electron chi connectivity index (χ2n) is 9.65. The van der Waals surface area contributed by atoms with Crippen LogP contribution in [0.25, 0.3) is 11.0 Å². The van der Waals surface area contributed by atoms with Crippen molar-refractivity contribution in [3.8, 4) is 0 Å². The SMILES string of the molecule is CCCCc1ccc(N2CC(c3nc4ccccc4n3Cc3cc(C)ccc3C)CC2=O)cc1. The molecule has 1 amide bonds. The molecule has 1 aromatic heterocycles. The van der Waals surface area contributed by atoms with Crippen LogP contribution in [-0.2, 0) is 17.8 Å². The molecule has 1 unspecified atom stereocenters. The van der Waals surface area contributed by atoms with Gasteiger partial charge in [-0.3, -0.25) is 4.79 Å². The van der Waals surface area contributed by atoms with E-state index in [4.69, 9.17) is 4.98 Å². The fourth-order valence-corrected chi connectivity index (χ4v) is 5.07. The molecule has 0 spiro atoms. The van der Waals surface area contributed by atoms with E-state index in [9.17, 15) is 4.79 Å². The van der Waals surface area contributed by atoms with Crippen molar-refractivity contribution >= 4 is 22.6 Å². The van der Waals surface area contributed by atoms with Gasteiger partial charge in [-0.2, -0.15) is 0 Å². The number of hydrogen-bond donors (Lipinski definition) is 0. The molecule has 4 heteroatoms. The number of hydrogen-bond acceptors (Lipinski definition) is 2. The predicted molar refractivity (Wildman–Crippen MR) is 140 cm³/mol. The van der Waals surface area contributed by atoms with Crippen LogP contribution in [0.1, 0.15) is 60.2 Å². The standard InChI is InChI=1S/C30H33N3O/c1-4-5-8-23-13-15-26(16-14-23)32-20-25(18-29(32)34)30-31-27-9-6-7-10-28(27)33(30)19-24-17-21(2)11-12-22(24)3/h6-7,9-17,25H,4-5,8,18-20H2,1-3H3. The van der Waals surface area contributed by atoms with Crippen LogP contribution in [0, 0.1) is 13.8 Å². The van der Waals surface area contributed by atoms with Crippen LogP contribution in [0.15, 0.2) is 66.7 Å². The average Bonchev–Trinajstić information content (AvgIpc) is 3.41. The Labute approximate surface area is 202 Å². The molecule has 0 bridgehead atoms. The molecule has 1 aliphatic rings. The summed E-state index contributed by atoms with van der Waals surface area (Å²) in [5, 5.41) is 0. The van der Waals surface area contributed by atoms with Crippen molar-refractivity contribution in [1.82, 2.24) is 9.55 Å². The summed E-state index contributed by atoms with van der Waals surface area (Å²) in [6.07, 6.45) is 3.97. The van der Waals surface area contributed by atoms with Gasteiger partial charge in [0.05, 0.1) is 11.0 Å². The number of aryl methyl sites for hydroxylation is 3. The number of anilines is 1. The van der Waals surface area contributed by atoms with Gasteiger partial charge in [0.2, 0.25) is 5.91 Å². The molecule has 1 saturated heterocycles. The summed E-state index contributed by atoms with van der Waals surface area (Å²) in [5.41, 5.74) is 8.29. The second-order valence-corrected chi connectivity index (χ2v) is 9.65. The minimum absolute atomic E-state index is 0.0739. The highest BCUT2D eigenvalue weighted by Gasteiger charge is 2.35. The van der Waals surface area contributed by atoms with Crippen LogP contribution < -0.4 is 4.90 Å². The molecule has 2 heterocycles. The summed E-state index contributed by atoms with van der Waals surface area (Å²) in [6, 6.07) is 23.5. The van der Waals surface area contributed by atoms with Crippen molar-refractivity contribution in [1.29, 1.82) is 0 Å². The lowest BCUT2D eigenvalue weighted by Gasteiger charge is -2.18. The van der Waals surface area contributed by atoms with Crippen LogP contribution in [-0.4, -0.2) is 22.0 Å². The fraction of sp³-hybridized carbons (Fsp3) is 0.333. The quantitative estimate of drug-likeness (QED) is 0.319. The van der Waals surface area contributed by atoms with Crippen molar-refractivity contribution in [2.75, 3.05) is 11.4 Å². The molecule has 174 valence electrons. The third-order valence-electron chi connectivity index (χ3n) is 7.07. The van der Waals surface area contributed by atoms with Gasteiger partial charge in [-0.1, -0.05) is 61.4 Å². The maximum absolute atomic E-state index is 13.1. The minimum atomic E-state index is 0.0739.